The summed E-state index contributed by atoms with van der Waals surface area (Å²) in [5, 5.41) is 6.90. The summed E-state index contributed by atoms with van der Waals surface area (Å²) in [7, 11) is 0. The van der Waals surface area contributed by atoms with E-state index < -0.39 is 0 Å². The van der Waals surface area contributed by atoms with Crippen LogP contribution in [0.15, 0.2) is 24.3 Å². The van der Waals surface area contributed by atoms with Crippen molar-refractivity contribution in [1.29, 1.82) is 0 Å². The normalized spacial score (nSPS) is 10.6. The monoisotopic (exact) mass is 245 g/mol. The Morgan fingerprint density at radius 2 is 2.11 bits per heavy atom. The summed E-state index contributed by atoms with van der Waals surface area (Å²) in [6, 6.07) is 8.09. The van der Waals surface area contributed by atoms with Crippen LogP contribution in [-0.4, -0.2) is 16.8 Å². The number of nitrogens with one attached hydrogen (secondary N) is 1. The lowest BCUT2D eigenvalue weighted by Crippen LogP contribution is -1.96. The minimum Gasteiger partial charge on any atom is -0.493 e. The van der Waals surface area contributed by atoms with Crippen molar-refractivity contribution < 1.29 is 4.74 Å². The molecule has 18 heavy (non-hydrogen) atoms. The summed E-state index contributed by atoms with van der Waals surface area (Å²) >= 11 is 0. The fourth-order valence-corrected chi connectivity index (χ4v) is 1.99. The first-order chi connectivity index (χ1) is 8.74. The van der Waals surface area contributed by atoms with Gasteiger partial charge in [-0.05, 0) is 31.0 Å². The van der Waals surface area contributed by atoms with Crippen molar-refractivity contribution in [2.24, 2.45) is 0 Å². The van der Waals surface area contributed by atoms with E-state index in [4.69, 9.17) is 10.5 Å². The number of hydrogen-bond acceptors (Lipinski definition) is 3. The first kappa shape index (κ1) is 12.5. The molecule has 4 heteroatoms. The number of anilines is 1. The van der Waals surface area contributed by atoms with Crippen LogP contribution in [0.2, 0.25) is 0 Å². The van der Waals surface area contributed by atoms with Crippen LogP contribution in [0.4, 0.5) is 5.82 Å². The van der Waals surface area contributed by atoms with Crippen LogP contribution in [0.1, 0.15) is 25.8 Å². The second kappa shape index (κ2) is 5.58. The molecule has 0 saturated carbocycles. The minimum atomic E-state index is 0.494. The molecule has 0 atom stereocenters. The zero-order valence-corrected chi connectivity index (χ0v) is 10.9. The third-order valence-corrected chi connectivity index (χ3v) is 2.77. The number of hydrogen-bond donors (Lipinski definition) is 2. The van der Waals surface area contributed by atoms with Gasteiger partial charge in [0.1, 0.15) is 11.6 Å². The lowest BCUT2D eigenvalue weighted by Gasteiger charge is -2.10. The molecule has 0 spiro atoms. The molecule has 0 aliphatic carbocycles. The molecule has 0 radical (unpaired) electrons. The van der Waals surface area contributed by atoms with Crippen molar-refractivity contribution in [2.45, 2.75) is 26.7 Å². The molecule has 0 aliphatic heterocycles. The molecule has 2 aromatic rings. The Labute approximate surface area is 107 Å². The number of nitrogens with zero attached hydrogens (tertiary/aromatic N) is 1. The third-order valence-electron chi connectivity index (χ3n) is 2.77. The average molecular weight is 245 g/mol. The Balaban J connectivity index is 2.43. The van der Waals surface area contributed by atoms with E-state index in [1.807, 2.05) is 19.1 Å². The minimum absolute atomic E-state index is 0.494. The van der Waals surface area contributed by atoms with Gasteiger partial charge in [0.15, 0.2) is 0 Å². The number of H-pyrrole nitrogens is 1. The SMILES string of the molecule is CCCc1ccc(OCC)c(-c2cc(N)n[nH]2)c1. The number of nitrogen functional groups attached to an aromatic ring is 1. The summed E-state index contributed by atoms with van der Waals surface area (Å²) in [6.07, 6.45) is 2.18. The van der Waals surface area contributed by atoms with Crippen molar-refractivity contribution in [3.05, 3.63) is 29.8 Å². The first-order valence-electron chi connectivity index (χ1n) is 6.31. The number of nitrogens with two attached hydrogens (primary N) is 1. The molecule has 4 nitrogen and oxygen atoms in total. The molecule has 0 unspecified atom stereocenters. The molecule has 3 N–H and O–H groups in total. The van der Waals surface area contributed by atoms with Crippen molar-refractivity contribution in [1.82, 2.24) is 10.2 Å². The second-order valence-electron chi connectivity index (χ2n) is 4.22. The van der Waals surface area contributed by atoms with Gasteiger partial charge in [-0.25, -0.2) is 0 Å². The van der Waals surface area contributed by atoms with Gasteiger partial charge in [-0.3, -0.25) is 5.10 Å². The Bertz CT molecular complexity index is 520. The second-order valence-corrected chi connectivity index (χ2v) is 4.22. The van der Waals surface area contributed by atoms with Crippen molar-refractivity contribution in [2.75, 3.05) is 12.3 Å². The standard InChI is InChI=1S/C14H19N3O/c1-3-5-10-6-7-13(18-4-2)11(8-10)12-9-14(15)17-16-12/h6-9H,3-5H2,1-2H3,(H3,15,16,17). The Hall–Kier alpha value is -1.97. The molecular formula is C14H19N3O. The Morgan fingerprint density at radius 1 is 1.28 bits per heavy atom. The van der Waals surface area contributed by atoms with Gasteiger partial charge < -0.3 is 10.5 Å². The van der Waals surface area contributed by atoms with E-state index in [1.165, 1.54) is 5.56 Å². The van der Waals surface area contributed by atoms with Crippen molar-refractivity contribution >= 4 is 5.82 Å². The van der Waals surface area contributed by atoms with Crippen LogP contribution in [0.5, 0.6) is 5.75 Å². The zero-order valence-electron chi connectivity index (χ0n) is 10.9. The van der Waals surface area contributed by atoms with Gasteiger partial charge >= 0.3 is 0 Å². The number of aryl methyl sites for hydroxylation is 1. The highest BCUT2D eigenvalue weighted by molar-refractivity contribution is 5.69. The van der Waals surface area contributed by atoms with Crippen molar-refractivity contribution in [3.63, 3.8) is 0 Å². The third kappa shape index (κ3) is 2.64. The molecule has 1 aromatic carbocycles. The fourth-order valence-electron chi connectivity index (χ4n) is 1.99. The number of rotatable bonds is 5. The quantitative estimate of drug-likeness (QED) is 0.851. The lowest BCUT2D eigenvalue weighted by molar-refractivity contribution is 0.341. The molecule has 0 fully saturated rings. The first-order valence-corrected chi connectivity index (χ1v) is 6.31. The van der Waals surface area contributed by atoms with Crippen LogP contribution in [0, 0.1) is 0 Å². The fraction of sp³-hybridized carbons (Fsp3) is 0.357. The molecule has 0 amide bonds. The molecule has 1 heterocycles. The number of aromatic amines is 1. The van der Waals surface area contributed by atoms with E-state index in [2.05, 4.69) is 29.3 Å². The summed E-state index contributed by atoms with van der Waals surface area (Å²) in [5.41, 5.74) is 8.87. The predicted octanol–water partition coefficient (Wildman–Crippen LogP) is 3.01. The molecule has 2 rings (SSSR count). The Morgan fingerprint density at radius 3 is 2.72 bits per heavy atom. The maximum absolute atomic E-state index is 5.65. The molecule has 0 bridgehead atoms. The predicted molar refractivity (Wildman–Crippen MR) is 73.6 cm³/mol. The largest absolute Gasteiger partial charge is 0.493 e. The number of aromatic nitrogens is 2. The molecular weight excluding hydrogens is 226 g/mol. The highest BCUT2D eigenvalue weighted by atomic mass is 16.5. The maximum Gasteiger partial charge on any atom is 0.145 e. The lowest BCUT2D eigenvalue weighted by atomic mass is 10.0. The van der Waals surface area contributed by atoms with Gasteiger partial charge in [0.05, 0.1) is 12.3 Å². The van der Waals surface area contributed by atoms with E-state index >= 15 is 0 Å². The van der Waals surface area contributed by atoms with Gasteiger partial charge in [-0.2, -0.15) is 5.10 Å². The maximum atomic E-state index is 5.65. The number of ether oxygens (including phenoxy) is 1. The summed E-state index contributed by atoms with van der Waals surface area (Å²) in [4.78, 5) is 0. The molecule has 96 valence electrons. The number of benzene rings is 1. The van der Waals surface area contributed by atoms with Crippen LogP contribution in [0.25, 0.3) is 11.3 Å². The van der Waals surface area contributed by atoms with Crippen LogP contribution < -0.4 is 10.5 Å². The van der Waals surface area contributed by atoms with Gasteiger partial charge in [0.2, 0.25) is 0 Å². The van der Waals surface area contributed by atoms with Gasteiger partial charge in [-0.15, -0.1) is 0 Å². The molecule has 0 aliphatic rings. The van der Waals surface area contributed by atoms with Crippen LogP contribution >= 0.6 is 0 Å². The Kier molecular flexibility index (Phi) is 3.87. The van der Waals surface area contributed by atoms with E-state index in [0.29, 0.717) is 12.4 Å². The van der Waals surface area contributed by atoms with Crippen LogP contribution in [-0.2, 0) is 6.42 Å². The van der Waals surface area contributed by atoms with Gasteiger partial charge in [0.25, 0.3) is 0 Å². The summed E-state index contributed by atoms with van der Waals surface area (Å²) in [5.74, 6) is 1.36. The highest BCUT2D eigenvalue weighted by Crippen LogP contribution is 2.31. The van der Waals surface area contributed by atoms with Crippen LogP contribution in [0.3, 0.4) is 0 Å². The highest BCUT2D eigenvalue weighted by Gasteiger charge is 2.09. The van der Waals surface area contributed by atoms with E-state index in [9.17, 15) is 0 Å². The average Bonchev–Trinajstić information content (AvgIpc) is 2.78. The molecule has 0 saturated heterocycles. The van der Waals surface area contributed by atoms with Gasteiger partial charge in [0, 0.05) is 11.6 Å². The molecule has 1 aromatic heterocycles. The topological polar surface area (TPSA) is 63.9 Å². The zero-order chi connectivity index (χ0) is 13.0. The van der Waals surface area contributed by atoms with E-state index in [0.717, 1.165) is 29.8 Å². The van der Waals surface area contributed by atoms with E-state index in [-0.39, 0.29) is 0 Å². The summed E-state index contributed by atoms with van der Waals surface area (Å²) in [6.45, 7) is 4.79. The smallest absolute Gasteiger partial charge is 0.145 e. The van der Waals surface area contributed by atoms with E-state index in [1.54, 1.807) is 0 Å². The summed E-state index contributed by atoms with van der Waals surface area (Å²) < 4.78 is 5.65. The van der Waals surface area contributed by atoms with Gasteiger partial charge in [-0.1, -0.05) is 19.4 Å². The van der Waals surface area contributed by atoms with Crippen molar-refractivity contribution in [3.8, 4) is 17.0 Å².